The van der Waals surface area contributed by atoms with E-state index in [9.17, 15) is 19.2 Å². The number of carboxylic acids is 1. The van der Waals surface area contributed by atoms with Crippen molar-refractivity contribution in [3.8, 4) is 0 Å². The average molecular weight is 566 g/mol. The van der Waals surface area contributed by atoms with Gasteiger partial charge in [-0.15, -0.1) is 0 Å². The molecule has 14 heteroatoms. The van der Waals surface area contributed by atoms with E-state index in [2.05, 4.69) is 16.0 Å². The van der Waals surface area contributed by atoms with E-state index in [1.165, 1.54) is 0 Å². The molecule has 0 aliphatic heterocycles. The van der Waals surface area contributed by atoms with Gasteiger partial charge < -0.3 is 49.5 Å². The second-order valence-electron chi connectivity index (χ2n) is 10.4. The Morgan fingerprint density at radius 2 is 1.18 bits per heavy atom. The normalized spacial score (nSPS) is 12.4. The lowest BCUT2D eigenvalue weighted by molar-refractivity contribution is -0.142. The van der Waals surface area contributed by atoms with Crippen LogP contribution in [-0.2, 0) is 38.0 Å². The standard InChI is InChI=1S/C25H47N3O11/c1-24(2,3)38-22(32)27-17-19(28-23(33)39-25(4,5)6)7-8-20(29)26-9-10-34-11-12-35-13-14-36-15-16-37-18-21(30)31/h19H,7-18H2,1-6H3,(H,26,29)(H,27,32)(H,28,33)(H,30,31)/t19-/m1/s1. The van der Waals surface area contributed by atoms with Crippen molar-refractivity contribution < 1.29 is 52.7 Å². The molecule has 39 heavy (non-hydrogen) atoms. The molecule has 14 nitrogen and oxygen atoms in total. The molecule has 0 aliphatic carbocycles. The molecular formula is C25H47N3O11. The minimum Gasteiger partial charge on any atom is -0.480 e. The summed E-state index contributed by atoms with van der Waals surface area (Å²) in [6, 6.07) is -0.548. The first-order chi connectivity index (χ1) is 18.2. The van der Waals surface area contributed by atoms with E-state index in [1.807, 2.05) is 0 Å². The summed E-state index contributed by atoms with van der Waals surface area (Å²) in [7, 11) is 0. The van der Waals surface area contributed by atoms with Crippen LogP contribution in [0.2, 0.25) is 0 Å². The fraction of sp³-hybridized carbons (Fsp3) is 0.840. The van der Waals surface area contributed by atoms with Gasteiger partial charge in [0.25, 0.3) is 0 Å². The Kier molecular flexibility index (Phi) is 18.9. The van der Waals surface area contributed by atoms with Crippen molar-refractivity contribution >= 4 is 24.1 Å². The van der Waals surface area contributed by atoms with Crippen LogP contribution in [0.1, 0.15) is 54.4 Å². The lowest BCUT2D eigenvalue weighted by atomic mass is 10.1. The maximum absolute atomic E-state index is 12.2. The Labute approximate surface area is 230 Å². The van der Waals surface area contributed by atoms with E-state index in [0.29, 0.717) is 39.6 Å². The van der Waals surface area contributed by atoms with Crippen LogP contribution in [0.25, 0.3) is 0 Å². The van der Waals surface area contributed by atoms with E-state index in [-0.39, 0.29) is 45.1 Å². The number of ether oxygens (including phenoxy) is 6. The van der Waals surface area contributed by atoms with Crippen LogP contribution in [0.3, 0.4) is 0 Å². The first-order valence-corrected chi connectivity index (χ1v) is 12.9. The van der Waals surface area contributed by atoms with Crippen LogP contribution in [0.15, 0.2) is 0 Å². The number of rotatable bonds is 20. The summed E-state index contributed by atoms with van der Waals surface area (Å²) in [5.74, 6) is -1.25. The molecule has 0 saturated heterocycles. The predicted molar refractivity (Wildman–Crippen MR) is 141 cm³/mol. The van der Waals surface area contributed by atoms with Crippen LogP contribution in [0, 0.1) is 0 Å². The summed E-state index contributed by atoms with van der Waals surface area (Å²) in [4.78, 5) is 46.7. The molecule has 1 atom stereocenters. The van der Waals surface area contributed by atoms with Gasteiger partial charge in [-0.05, 0) is 48.0 Å². The Balaban J connectivity index is 4.08. The average Bonchev–Trinajstić information content (AvgIpc) is 2.78. The lowest BCUT2D eigenvalue weighted by Gasteiger charge is -2.25. The number of carboxylic acid groups (broad SMARTS) is 1. The first-order valence-electron chi connectivity index (χ1n) is 12.9. The molecule has 3 amide bonds. The third kappa shape index (κ3) is 26.7. The molecular weight excluding hydrogens is 518 g/mol. The molecule has 0 rings (SSSR count). The van der Waals surface area contributed by atoms with Crippen molar-refractivity contribution in [1.82, 2.24) is 16.0 Å². The van der Waals surface area contributed by atoms with Crippen LogP contribution in [-0.4, -0.2) is 112 Å². The summed E-state index contributed by atoms with van der Waals surface area (Å²) in [6.45, 7) is 12.7. The summed E-state index contributed by atoms with van der Waals surface area (Å²) < 4.78 is 31.3. The number of alkyl carbamates (subject to hydrolysis) is 2. The third-order valence-corrected chi connectivity index (χ3v) is 4.24. The van der Waals surface area contributed by atoms with Crippen LogP contribution in [0.5, 0.6) is 0 Å². The second-order valence-corrected chi connectivity index (χ2v) is 10.4. The highest BCUT2D eigenvalue weighted by molar-refractivity contribution is 5.76. The minimum absolute atomic E-state index is 0.0636. The zero-order valence-electron chi connectivity index (χ0n) is 24.1. The van der Waals surface area contributed by atoms with Crippen molar-refractivity contribution in [1.29, 1.82) is 0 Å². The predicted octanol–water partition coefficient (Wildman–Crippen LogP) is 1.45. The number of hydrogen-bond acceptors (Lipinski definition) is 10. The molecule has 0 radical (unpaired) electrons. The molecule has 0 aromatic heterocycles. The number of nitrogens with one attached hydrogen (secondary N) is 3. The van der Waals surface area contributed by atoms with E-state index in [0.717, 1.165) is 0 Å². The second kappa shape index (κ2) is 20.3. The Morgan fingerprint density at radius 1 is 0.692 bits per heavy atom. The van der Waals surface area contributed by atoms with Crippen molar-refractivity contribution in [2.45, 2.75) is 71.6 Å². The topological polar surface area (TPSA) is 180 Å². The zero-order chi connectivity index (χ0) is 29.7. The van der Waals surface area contributed by atoms with Gasteiger partial charge in [-0.2, -0.15) is 0 Å². The van der Waals surface area contributed by atoms with Gasteiger partial charge in [0.05, 0.1) is 52.3 Å². The van der Waals surface area contributed by atoms with Gasteiger partial charge in [0.1, 0.15) is 17.8 Å². The number of amides is 3. The molecule has 0 heterocycles. The van der Waals surface area contributed by atoms with Gasteiger partial charge in [-0.25, -0.2) is 14.4 Å². The summed E-state index contributed by atoms with van der Waals surface area (Å²) in [5, 5.41) is 16.4. The summed E-state index contributed by atoms with van der Waals surface area (Å²) in [6.07, 6.45) is -0.894. The lowest BCUT2D eigenvalue weighted by Crippen LogP contribution is -2.46. The van der Waals surface area contributed by atoms with Crippen molar-refractivity contribution in [3.63, 3.8) is 0 Å². The SMILES string of the molecule is CC(C)(C)OC(=O)NC[C@@H](CCC(=O)NCCOCCOCCOCCOCC(=O)O)NC(=O)OC(C)(C)C. The van der Waals surface area contributed by atoms with Gasteiger partial charge in [-0.3, -0.25) is 4.79 Å². The van der Waals surface area contributed by atoms with Gasteiger partial charge in [0.2, 0.25) is 5.91 Å². The van der Waals surface area contributed by atoms with E-state index < -0.39 is 35.4 Å². The fourth-order valence-electron chi connectivity index (χ4n) is 2.70. The van der Waals surface area contributed by atoms with E-state index in [1.54, 1.807) is 41.5 Å². The summed E-state index contributed by atoms with van der Waals surface area (Å²) in [5.41, 5.74) is -1.36. The quantitative estimate of drug-likeness (QED) is 0.157. The Morgan fingerprint density at radius 3 is 1.69 bits per heavy atom. The molecule has 0 bridgehead atoms. The molecule has 0 saturated carbocycles. The Hall–Kier alpha value is -2.68. The Bertz CT molecular complexity index is 721. The summed E-state index contributed by atoms with van der Waals surface area (Å²) >= 11 is 0. The molecule has 0 aliphatic rings. The van der Waals surface area contributed by atoms with Crippen LogP contribution in [0.4, 0.5) is 9.59 Å². The van der Waals surface area contributed by atoms with Crippen molar-refractivity contribution in [2.75, 3.05) is 65.9 Å². The van der Waals surface area contributed by atoms with Gasteiger partial charge in [-0.1, -0.05) is 0 Å². The smallest absolute Gasteiger partial charge is 0.407 e. The molecule has 0 spiro atoms. The fourth-order valence-corrected chi connectivity index (χ4v) is 2.70. The highest BCUT2D eigenvalue weighted by atomic mass is 16.6. The monoisotopic (exact) mass is 565 g/mol. The maximum Gasteiger partial charge on any atom is 0.407 e. The highest BCUT2D eigenvalue weighted by Crippen LogP contribution is 2.09. The molecule has 0 fully saturated rings. The molecule has 0 aromatic rings. The molecule has 0 aromatic carbocycles. The van der Waals surface area contributed by atoms with Crippen LogP contribution >= 0.6 is 0 Å². The van der Waals surface area contributed by atoms with Crippen molar-refractivity contribution in [2.24, 2.45) is 0 Å². The molecule has 228 valence electrons. The number of hydrogen-bond donors (Lipinski definition) is 4. The molecule has 0 unspecified atom stereocenters. The zero-order valence-corrected chi connectivity index (χ0v) is 24.1. The third-order valence-electron chi connectivity index (χ3n) is 4.24. The number of carbonyl (C=O) groups is 4. The minimum atomic E-state index is -1.02. The van der Waals surface area contributed by atoms with Gasteiger partial charge >= 0.3 is 18.2 Å². The van der Waals surface area contributed by atoms with Crippen LogP contribution < -0.4 is 16.0 Å². The highest BCUT2D eigenvalue weighted by Gasteiger charge is 2.22. The first kappa shape index (κ1) is 36.3. The van der Waals surface area contributed by atoms with Gasteiger partial charge in [0, 0.05) is 19.5 Å². The van der Waals surface area contributed by atoms with Gasteiger partial charge in [0.15, 0.2) is 0 Å². The number of aliphatic carboxylic acids is 1. The number of carbonyl (C=O) groups excluding carboxylic acids is 3. The van der Waals surface area contributed by atoms with E-state index >= 15 is 0 Å². The van der Waals surface area contributed by atoms with E-state index in [4.69, 9.17) is 33.5 Å². The largest absolute Gasteiger partial charge is 0.480 e. The van der Waals surface area contributed by atoms with Crippen molar-refractivity contribution in [3.05, 3.63) is 0 Å². The molecule has 4 N–H and O–H groups in total. The maximum atomic E-state index is 12.2.